The van der Waals surface area contributed by atoms with Crippen LogP contribution in [0.15, 0.2) is 58.2 Å². The van der Waals surface area contributed by atoms with E-state index in [-0.39, 0.29) is 11.0 Å². The monoisotopic (exact) mass is 396 g/mol. The van der Waals surface area contributed by atoms with E-state index in [2.05, 4.69) is 17.1 Å². The van der Waals surface area contributed by atoms with Gasteiger partial charge in [-0.1, -0.05) is 55.1 Å². The molecule has 1 aliphatic rings. The Balaban J connectivity index is 1.41. The lowest BCUT2D eigenvalue weighted by Crippen LogP contribution is -2.21. The smallest absolute Gasteiger partial charge is 0.277 e. The lowest BCUT2D eigenvalue weighted by Gasteiger charge is -2.23. The molecule has 2 aromatic carbocycles. The quantitative estimate of drug-likeness (QED) is 0.448. The predicted octanol–water partition coefficient (Wildman–Crippen LogP) is 4.51. The molecule has 1 aliphatic heterocycles. The molecule has 0 amide bonds. The molecule has 6 nitrogen and oxygen atoms in total. The number of aryl methyl sites for hydroxylation is 1. The van der Waals surface area contributed by atoms with Crippen molar-refractivity contribution in [3.05, 3.63) is 65.5 Å². The molecule has 7 heteroatoms. The van der Waals surface area contributed by atoms with Gasteiger partial charge in [0.1, 0.15) is 6.61 Å². The number of nitrogens with zero attached hydrogens (tertiary/aromatic N) is 2. The van der Waals surface area contributed by atoms with Gasteiger partial charge in [0.2, 0.25) is 6.10 Å². The van der Waals surface area contributed by atoms with Gasteiger partial charge in [0, 0.05) is 5.56 Å². The normalized spacial score (nSPS) is 16.6. The van der Waals surface area contributed by atoms with Crippen molar-refractivity contribution in [1.82, 2.24) is 10.2 Å². The Morgan fingerprint density at radius 2 is 1.89 bits per heavy atom. The lowest BCUT2D eigenvalue weighted by atomic mass is 10.1. The summed E-state index contributed by atoms with van der Waals surface area (Å²) in [6.07, 6.45) is 0.477. The molecule has 144 valence electrons. The summed E-state index contributed by atoms with van der Waals surface area (Å²) in [5, 5.41) is 8.11. The summed E-state index contributed by atoms with van der Waals surface area (Å²) in [4.78, 5) is 12.6. The van der Waals surface area contributed by atoms with Crippen molar-refractivity contribution < 1.29 is 18.7 Å². The zero-order valence-electron chi connectivity index (χ0n) is 15.6. The van der Waals surface area contributed by atoms with Gasteiger partial charge in [-0.15, -0.1) is 10.2 Å². The molecule has 0 unspecified atom stereocenters. The number of aromatic nitrogens is 2. The molecule has 0 fully saturated rings. The fourth-order valence-electron chi connectivity index (χ4n) is 2.88. The third-order valence-corrected chi connectivity index (χ3v) is 5.43. The number of benzene rings is 2. The third kappa shape index (κ3) is 3.89. The van der Waals surface area contributed by atoms with Crippen LogP contribution in [0.2, 0.25) is 0 Å². The minimum atomic E-state index is -0.468. The molecular weight excluding hydrogens is 376 g/mol. The Morgan fingerprint density at radius 1 is 1.14 bits per heavy atom. The molecule has 4 rings (SSSR count). The number of Topliss-reactive ketones (excluding diaryl/α,β-unsaturated/α-hetero) is 1. The van der Waals surface area contributed by atoms with Crippen LogP contribution < -0.4 is 9.47 Å². The SMILES string of the molecule is CCc1ccc(C(=O)[C@H](C)Sc2nnc([C@@H]3COc4ccccc4O3)o2)cc1. The van der Waals surface area contributed by atoms with Crippen LogP contribution in [0.1, 0.15) is 41.8 Å². The molecule has 0 bridgehead atoms. The van der Waals surface area contributed by atoms with Crippen LogP contribution in [0.5, 0.6) is 11.5 Å². The van der Waals surface area contributed by atoms with Crippen molar-refractivity contribution in [2.24, 2.45) is 0 Å². The first kappa shape index (κ1) is 18.6. The molecule has 1 aromatic heterocycles. The topological polar surface area (TPSA) is 74.5 Å². The highest BCUT2D eigenvalue weighted by atomic mass is 32.2. The third-order valence-electron chi connectivity index (χ3n) is 4.50. The van der Waals surface area contributed by atoms with Crippen molar-refractivity contribution in [3.8, 4) is 11.5 Å². The van der Waals surface area contributed by atoms with E-state index >= 15 is 0 Å². The predicted molar refractivity (Wildman–Crippen MR) is 105 cm³/mol. The van der Waals surface area contributed by atoms with Crippen molar-refractivity contribution >= 4 is 17.5 Å². The second kappa shape index (κ2) is 8.06. The number of rotatable bonds is 6. The summed E-state index contributed by atoms with van der Waals surface area (Å²) >= 11 is 1.24. The molecular formula is C21H20N2O4S. The Morgan fingerprint density at radius 3 is 2.64 bits per heavy atom. The van der Waals surface area contributed by atoms with Gasteiger partial charge in [0.15, 0.2) is 17.3 Å². The average molecular weight is 396 g/mol. The first-order valence-corrected chi connectivity index (χ1v) is 10.0. The standard InChI is InChI=1S/C21H20N2O4S/c1-3-14-8-10-15(11-9-14)19(24)13(2)28-21-23-22-20(27-21)18-12-25-16-6-4-5-7-17(16)26-18/h4-11,13,18H,3,12H2,1-2H3/t13-,18-/m0/s1. The highest BCUT2D eigenvalue weighted by molar-refractivity contribution is 8.00. The summed E-state index contributed by atoms with van der Waals surface area (Å²) in [5.74, 6) is 1.70. The van der Waals surface area contributed by atoms with Crippen LogP contribution in [0.25, 0.3) is 0 Å². The minimum Gasteiger partial charge on any atom is -0.485 e. The van der Waals surface area contributed by atoms with E-state index in [1.54, 1.807) is 0 Å². The molecule has 0 saturated carbocycles. The van der Waals surface area contributed by atoms with Crippen molar-refractivity contribution in [2.45, 2.75) is 36.8 Å². The zero-order chi connectivity index (χ0) is 19.5. The maximum absolute atomic E-state index is 12.6. The van der Waals surface area contributed by atoms with Gasteiger partial charge in [0.25, 0.3) is 11.1 Å². The van der Waals surface area contributed by atoms with Crippen molar-refractivity contribution in [1.29, 1.82) is 0 Å². The van der Waals surface area contributed by atoms with Crippen LogP contribution >= 0.6 is 11.8 Å². The molecule has 0 aliphatic carbocycles. The molecule has 0 spiro atoms. The van der Waals surface area contributed by atoms with E-state index in [1.165, 1.54) is 17.3 Å². The summed E-state index contributed by atoms with van der Waals surface area (Å²) in [5.41, 5.74) is 1.88. The van der Waals surface area contributed by atoms with Gasteiger partial charge in [-0.3, -0.25) is 4.79 Å². The molecule has 28 heavy (non-hydrogen) atoms. The van der Waals surface area contributed by atoms with E-state index in [1.807, 2.05) is 55.5 Å². The van der Waals surface area contributed by atoms with Crippen LogP contribution in [0, 0.1) is 0 Å². The number of thioether (sulfide) groups is 1. The minimum absolute atomic E-state index is 0.0265. The number of para-hydroxylation sites is 2. The fraction of sp³-hybridized carbons (Fsp3) is 0.286. The van der Waals surface area contributed by atoms with Gasteiger partial charge in [0.05, 0.1) is 5.25 Å². The number of fused-ring (bicyclic) bond motifs is 1. The van der Waals surface area contributed by atoms with Gasteiger partial charge in [-0.05, 0) is 31.0 Å². The number of hydrogen-bond donors (Lipinski definition) is 0. The summed E-state index contributed by atoms with van der Waals surface area (Å²) in [7, 11) is 0. The molecule has 0 N–H and O–H groups in total. The lowest BCUT2D eigenvalue weighted by molar-refractivity contribution is 0.0686. The van der Waals surface area contributed by atoms with E-state index in [4.69, 9.17) is 13.9 Å². The Hall–Kier alpha value is -2.80. The number of ether oxygens (including phenoxy) is 2. The largest absolute Gasteiger partial charge is 0.485 e. The fourth-order valence-corrected chi connectivity index (χ4v) is 3.65. The first-order chi connectivity index (χ1) is 13.6. The highest BCUT2D eigenvalue weighted by Crippen LogP contribution is 2.36. The summed E-state index contributed by atoms with van der Waals surface area (Å²) in [6, 6.07) is 15.1. The number of hydrogen-bond acceptors (Lipinski definition) is 7. The molecule has 0 radical (unpaired) electrons. The van der Waals surface area contributed by atoms with Crippen molar-refractivity contribution in [3.63, 3.8) is 0 Å². The van der Waals surface area contributed by atoms with Gasteiger partial charge in [-0.2, -0.15) is 0 Å². The Bertz CT molecular complexity index is 971. The van der Waals surface area contributed by atoms with Gasteiger partial charge < -0.3 is 13.9 Å². The van der Waals surface area contributed by atoms with Crippen LogP contribution in [-0.2, 0) is 6.42 Å². The van der Waals surface area contributed by atoms with Crippen LogP contribution in [-0.4, -0.2) is 27.8 Å². The van der Waals surface area contributed by atoms with Crippen molar-refractivity contribution in [2.75, 3.05) is 6.61 Å². The van der Waals surface area contributed by atoms with E-state index in [9.17, 15) is 4.79 Å². The number of carbonyl (C=O) groups is 1. The van der Waals surface area contributed by atoms with E-state index < -0.39 is 6.10 Å². The Kier molecular flexibility index (Phi) is 5.34. The zero-order valence-corrected chi connectivity index (χ0v) is 16.4. The maximum atomic E-state index is 12.6. The van der Waals surface area contributed by atoms with Crippen LogP contribution in [0.3, 0.4) is 0 Å². The average Bonchev–Trinajstić information content (AvgIpc) is 3.21. The van der Waals surface area contributed by atoms with E-state index in [0.29, 0.717) is 34.8 Å². The maximum Gasteiger partial charge on any atom is 0.277 e. The number of carbonyl (C=O) groups excluding carboxylic acids is 1. The van der Waals surface area contributed by atoms with E-state index in [0.717, 1.165) is 6.42 Å². The van der Waals surface area contributed by atoms with Gasteiger partial charge in [-0.25, -0.2) is 0 Å². The molecule has 0 saturated heterocycles. The molecule has 2 atom stereocenters. The molecule has 3 aromatic rings. The summed E-state index contributed by atoms with van der Waals surface area (Å²) in [6.45, 7) is 4.21. The van der Waals surface area contributed by atoms with Gasteiger partial charge >= 0.3 is 0 Å². The first-order valence-electron chi connectivity index (χ1n) is 9.15. The highest BCUT2D eigenvalue weighted by Gasteiger charge is 2.28. The Labute approximate surface area is 167 Å². The van der Waals surface area contributed by atoms with Crippen LogP contribution in [0.4, 0.5) is 0 Å². The number of ketones is 1. The second-order valence-electron chi connectivity index (χ2n) is 6.45. The molecule has 2 heterocycles. The summed E-state index contributed by atoms with van der Waals surface area (Å²) < 4.78 is 17.3. The second-order valence-corrected chi connectivity index (χ2v) is 7.74.